The number of aliphatic hydroxyl groups excluding tert-OH is 1. The number of hydrogen-bond donors (Lipinski definition) is 3. The highest BCUT2D eigenvalue weighted by atomic mass is 19.3. The van der Waals surface area contributed by atoms with Crippen LogP contribution in [0.3, 0.4) is 0 Å². The predicted molar refractivity (Wildman–Crippen MR) is 50.2 cm³/mol. The highest BCUT2D eigenvalue weighted by molar-refractivity contribution is 5.94. The summed E-state index contributed by atoms with van der Waals surface area (Å²) >= 11 is 0. The average Bonchev–Trinajstić information content (AvgIpc) is 2.25. The minimum absolute atomic E-state index is 0.0291. The number of nitrogens with one attached hydrogen (secondary N) is 1. The van der Waals surface area contributed by atoms with Gasteiger partial charge in [-0.25, -0.2) is 8.78 Å². The van der Waals surface area contributed by atoms with Crippen LogP contribution in [-0.4, -0.2) is 40.2 Å². The first-order valence-electron chi connectivity index (χ1n) is 4.39. The molecule has 0 aromatic carbocycles. The number of rotatable bonds is 4. The molecule has 1 aromatic rings. The molecule has 0 aliphatic carbocycles. The Kier molecular flexibility index (Phi) is 4.12. The lowest BCUT2D eigenvalue weighted by molar-refractivity contribution is -0.00270. The molecule has 16 heavy (non-hydrogen) atoms. The van der Waals surface area contributed by atoms with Crippen molar-refractivity contribution < 1.29 is 23.8 Å². The lowest BCUT2D eigenvalue weighted by atomic mass is 10.2. The second-order valence-electron chi connectivity index (χ2n) is 3.04. The third kappa shape index (κ3) is 3.43. The lowest BCUT2D eigenvalue weighted by Crippen LogP contribution is -2.35. The SMILES string of the molecule is O=C(NCC(O)C(F)F)c1cncc(O)c1. The molecule has 1 amide bonds. The monoisotopic (exact) mass is 232 g/mol. The van der Waals surface area contributed by atoms with Gasteiger partial charge in [-0.15, -0.1) is 0 Å². The summed E-state index contributed by atoms with van der Waals surface area (Å²) in [6.45, 7) is -0.563. The average molecular weight is 232 g/mol. The number of hydrogen-bond acceptors (Lipinski definition) is 4. The molecule has 0 spiro atoms. The van der Waals surface area contributed by atoms with Gasteiger partial charge >= 0.3 is 0 Å². The van der Waals surface area contributed by atoms with Gasteiger partial charge in [-0.1, -0.05) is 0 Å². The maximum atomic E-state index is 11.9. The van der Waals surface area contributed by atoms with Gasteiger partial charge in [-0.05, 0) is 6.07 Å². The molecule has 0 bridgehead atoms. The molecule has 7 heteroatoms. The number of pyridine rings is 1. The van der Waals surface area contributed by atoms with Crippen LogP contribution in [0.5, 0.6) is 5.75 Å². The van der Waals surface area contributed by atoms with E-state index in [9.17, 15) is 13.6 Å². The first kappa shape index (κ1) is 12.3. The Bertz CT molecular complexity index is 374. The summed E-state index contributed by atoms with van der Waals surface area (Å²) in [4.78, 5) is 14.9. The molecule has 1 heterocycles. The van der Waals surface area contributed by atoms with E-state index in [4.69, 9.17) is 10.2 Å². The molecule has 1 aromatic heterocycles. The van der Waals surface area contributed by atoms with Crippen molar-refractivity contribution >= 4 is 5.91 Å². The molecule has 1 unspecified atom stereocenters. The summed E-state index contributed by atoms with van der Waals surface area (Å²) in [5.41, 5.74) is 0.0291. The van der Waals surface area contributed by atoms with Gasteiger partial charge in [-0.3, -0.25) is 9.78 Å². The van der Waals surface area contributed by atoms with Crippen molar-refractivity contribution in [3.63, 3.8) is 0 Å². The van der Waals surface area contributed by atoms with Gasteiger partial charge in [0.2, 0.25) is 0 Å². The second kappa shape index (κ2) is 5.36. The lowest BCUT2D eigenvalue weighted by Gasteiger charge is -2.10. The smallest absolute Gasteiger partial charge is 0.265 e. The Morgan fingerprint density at radius 2 is 2.19 bits per heavy atom. The van der Waals surface area contributed by atoms with Crippen LogP contribution in [0.4, 0.5) is 8.78 Å². The summed E-state index contributed by atoms with van der Waals surface area (Å²) in [5.74, 6) is -0.898. The van der Waals surface area contributed by atoms with E-state index in [1.807, 2.05) is 0 Å². The molecule has 0 fully saturated rings. The van der Waals surface area contributed by atoms with Crippen LogP contribution in [0.15, 0.2) is 18.5 Å². The van der Waals surface area contributed by atoms with Crippen molar-refractivity contribution in [3.8, 4) is 5.75 Å². The Morgan fingerprint density at radius 1 is 1.50 bits per heavy atom. The molecule has 0 saturated carbocycles. The third-order valence-electron chi connectivity index (χ3n) is 1.75. The van der Waals surface area contributed by atoms with E-state index in [0.717, 1.165) is 12.3 Å². The molecular formula is C9H10F2N2O3. The van der Waals surface area contributed by atoms with Crippen LogP contribution in [0, 0.1) is 0 Å². The molecule has 1 atom stereocenters. The van der Waals surface area contributed by atoms with Gasteiger partial charge in [0.15, 0.2) is 0 Å². The molecule has 0 saturated heterocycles. The fraction of sp³-hybridized carbons (Fsp3) is 0.333. The number of halogens is 2. The summed E-state index contributed by atoms with van der Waals surface area (Å²) in [7, 11) is 0. The maximum Gasteiger partial charge on any atom is 0.265 e. The zero-order valence-electron chi connectivity index (χ0n) is 8.10. The molecule has 5 nitrogen and oxygen atoms in total. The van der Waals surface area contributed by atoms with Crippen LogP contribution in [0.2, 0.25) is 0 Å². The number of aromatic hydroxyl groups is 1. The van der Waals surface area contributed by atoms with Crippen molar-refractivity contribution in [2.24, 2.45) is 0 Å². The predicted octanol–water partition coefficient (Wildman–Crippen LogP) is 0.143. The Balaban J connectivity index is 2.53. The zero-order valence-corrected chi connectivity index (χ0v) is 8.10. The van der Waals surface area contributed by atoms with Gasteiger partial charge in [-0.2, -0.15) is 0 Å². The minimum Gasteiger partial charge on any atom is -0.506 e. The standard InChI is InChI=1S/C9H10F2N2O3/c10-8(11)7(15)4-13-9(16)5-1-6(14)3-12-2-5/h1-3,7-8,14-15H,4H2,(H,13,16). The Labute approximate surface area is 89.7 Å². The molecule has 1 rings (SSSR count). The topological polar surface area (TPSA) is 82.5 Å². The molecule has 0 aliphatic rings. The quantitative estimate of drug-likeness (QED) is 0.689. The van der Waals surface area contributed by atoms with Crippen LogP contribution in [0.25, 0.3) is 0 Å². The van der Waals surface area contributed by atoms with Crippen molar-refractivity contribution in [3.05, 3.63) is 24.0 Å². The van der Waals surface area contributed by atoms with Crippen molar-refractivity contribution in [2.45, 2.75) is 12.5 Å². The maximum absolute atomic E-state index is 11.9. The van der Waals surface area contributed by atoms with Crippen molar-refractivity contribution in [1.82, 2.24) is 10.3 Å². The highest BCUT2D eigenvalue weighted by Crippen LogP contribution is 2.08. The van der Waals surface area contributed by atoms with E-state index in [2.05, 4.69) is 10.3 Å². The number of amides is 1. The molecule has 0 radical (unpaired) electrons. The van der Waals surface area contributed by atoms with E-state index in [-0.39, 0.29) is 11.3 Å². The van der Waals surface area contributed by atoms with Crippen LogP contribution >= 0.6 is 0 Å². The number of alkyl halides is 2. The summed E-state index contributed by atoms with van der Waals surface area (Å²) in [6, 6.07) is 1.14. The van der Waals surface area contributed by atoms with E-state index >= 15 is 0 Å². The number of nitrogens with zero attached hydrogens (tertiary/aromatic N) is 1. The van der Waals surface area contributed by atoms with E-state index in [1.54, 1.807) is 0 Å². The first-order valence-corrected chi connectivity index (χ1v) is 4.39. The van der Waals surface area contributed by atoms with E-state index < -0.39 is 25.0 Å². The fourth-order valence-electron chi connectivity index (χ4n) is 0.940. The van der Waals surface area contributed by atoms with Gasteiger partial charge in [0.1, 0.15) is 11.9 Å². The Morgan fingerprint density at radius 3 is 2.75 bits per heavy atom. The summed E-state index contributed by atoms with van der Waals surface area (Å²) in [5, 5.41) is 19.9. The molecular weight excluding hydrogens is 222 g/mol. The van der Waals surface area contributed by atoms with E-state index in [1.165, 1.54) is 6.20 Å². The van der Waals surface area contributed by atoms with Crippen LogP contribution < -0.4 is 5.32 Å². The summed E-state index contributed by atoms with van der Waals surface area (Å²) in [6.07, 6.45) is -2.52. The van der Waals surface area contributed by atoms with Gasteiger partial charge in [0.05, 0.1) is 11.8 Å². The number of aromatic nitrogens is 1. The molecule has 3 N–H and O–H groups in total. The number of carbonyl (C=O) groups is 1. The molecule has 88 valence electrons. The number of aliphatic hydroxyl groups is 1. The van der Waals surface area contributed by atoms with Crippen molar-refractivity contribution in [1.29, 1.82) is 0 Å². The minimum atomic E-state index is -2.91. The van der Waals surface area contributed by atoms with Crippen LogP contribution in [0.1, 0.15) is 10.4 Å². The number of carbonyl (C=O) groups excluding carboxylic acids is 1. The second-order valence-corrected chi connectivity index (χ2v) is 3.04. The largest absolute Gasteiger partial charge is 0.506 e. The normalized spacial score (nSPS) is 12.5. The van der Waals surface area contributed by atoms with Gasteiger partial charge in [0.25, 0.3) is 12.3 Å². The first-order chi connectivity index (χ1) is 7.50. The van der Waals surface area contributed by atoms with Gasteiger partial charge in [0, 0.05) is 12.7 Å². The van der Waals surface area contributed by atoms with E-state index in [0.29, 0.717) is 0 Å². The summed E-state index contributed by atoms with van der Waals surface area (Å²) < 4.78 is 23.8. The van der Waals surface area contributed by atoms with Crippen molar-refractivity contribution in [2.75, 3.05) is 6.54 Å². The fourth-order valence-corrected chi connectivity index (χ4v) is 0.940. The van der Waals surface area contributed by atoms with Crippen LogP contribution in [-0.2, 0) is 0 Å². The Hall–Kier alpha value is -1.76. The highest BCUT2D eigenvalue weighted by Gasteiger charge is 2.17. The van der Waals surface area contributed by atoms with Gasteiger partial charge < -0.3 is 15.5 Å². The zero-order chi connectivity index (χ0) is 12.1. The third-order valence-corrected chi connectivity index (χ3v) is 1.75. The molecule has 0 aliphatic heterocycles.